The molecular formula is C36H38MgN4O6-2. The van der Waals surface area contributed by atoms with Gasteiger partial charge in [-0.15, -0.1) is 33.1 Å². The fourth-order valence-corrected chi connectivity index (χ4v) is 7.46. The molecule has 0 amide bonds. The molecule has 242 valence electrons. The molecule has 5 heterocycles. The molecule has 6 rings (SSSR count). The summed E-state index contributed by atoms with van der Waals surface area (Å²) < 4.78 is 10.1. The van der Waals surface area contributed by atoms with Crippen molar-refractivity contribution in [3.05, 3.63) is 77.2 Å². The van der Waals surface area contributed by atoms with Gasteiger partial charge in [0.15, 0.2) is 5.78 Å². The number of ketones is 1. The van der Waals surface area contributed by atoms with Crippen LogP contribution >= 0.6 is 0 Å². The largest absolute Gasteiger partial charge is 2.00 e. The van der Waals surface area contributed by atoms with Gasteiger partial charge in [0.05, 0.1) is 20.5 Å². The maximum Gasteiger partial charge on any atom is 2.00 e. The first-order valence-corrected chi connectivity index (χ1v) is 15.8. The average molecular weight is 647 g/mol. The molecule has 47 heavy (non-hydrogen) atoms. The van der Waals surface area contributed by atoms with E-state index in [4.69, 9.17) is 29.7 Å². The zero-order chi connectivity index (χ0) is 33.0. The molecule has 11 heteroatoms. The van der Waals surface area contributed by atoms with Crippen LogP contribution in [0.1, 0.15) is 83.3 Å². The Bertz CT molecular complexity index is 2060. The zero-order valence-corrected chi connectivity index (χ0v) is 29.3. The van der Waals surface area contributed by atoms with Crippen molar-refractivity contribution in [3.8, 4) is 0 Å². The summed E-state index contributed by atoms with van der Waals surface area (Å²) in [7, 11) is 2.63. The third kappa shape index (κ3) is 5.47. The van der Waals surface area contributed by atoms with E-state index < -0.39 is 17.9 Å². The topological polar surface area (TPSA) is 146 Å². The molecule has 0 radical (unpaired) electrons. The van der Waals surface area contributed by atoms with Crippen molar-refractivity contribution in [3.63, 3.8) is 0 Å². The van der Waals surface area contributed by atoms with Gasteiger partial charge in [-0.3, -0.25) is 14.4 Å². The molecule has 3 aliphatic rings. The molecule has 1 saturated heterocycles. The van der Waals surface area contributed by atoms with E-state index in [0.29, 0.717) is 56.5 Å². The number of Topliss-reactive ketones (excluding diaryl/α,β-unsaturated/α-hetero) is 1. The van der Waals surface area contributed by atoms with E-state index in [1.165, 1.54) is 14.2 Å². The van der Waals surface area contributed by atoms with Crippen molar-refractivity contribution in [2.24, 2.45) is 17.8 Å². The zero-order valence-electron chi connectivity index (χ0n) is 27.9. The van der Waals surface area contributed by atoms with E-state index in [0.717, 1.165) is 46.5 Å². The van der Waals surface area contributed by atoms with E-state index in [2.05, 4.69) is 13.8 Å². The van der Waals surface area contributed by atoms with E-state index in [-0.39, 0.29) is 53.1 Å². The summed E-state index contributed by atoms with van der Waals surface area (Å²) in [5, 5.41) is 17.7. The van der Waals surface area contributed by atoms with Crippen molar-refractivity contribution in [2.45, 2.75) is 66.3 Å². The molecule has 3 aromatic heterocycles. The van der Waals surface area contributed by atoms with Crippen molar-refractivity contribution in [2.75, 3.05) is 14.2 Å². The van der Waals surface area contributed by atoms with Gasteiger partial charge in [-0.1, -0.05) is 72.9 Å². The second kappa shape index (κ2) is 13.3. The van der Waals surface area contributed by atoms with Crippen LogP contribution in [0.25, 0.3) is 35.4 Å². The van der Waals surface area contributed by atoms with Gasteiger partial charge in [0.2, 0.25) is 0 Å². The standard InChI is InChI=1S/C36H38N4O6.Mg/c1-8-19-16(3)23-12-24-17(4)21(10-11-29(42)45-6)33(39-24)31-32(36(44)46-7)35(43)30-18(5)25(40-34(30)31)13-27-20(9-2)22(15-41)28(38-27)14-26(19)37-23;/h12-15,17,21,32-33H,8-11H2,1-7H3,(H,41,43);/q-4;+2/b24-12-,28-14-;/t17-,21-,32+,33?;/m0./s1. The minimum atomic E-state index is -1.19. The number of nitrogens with zero attached hydrogens (tertiary/aromatic N) is 4. The van der Waals surface area contributed by atoms with Crippen LogP contribution in [-0.4, -0.2) is 66.1 Å². The fourth-order valence-electron chi connectivity index (χ4n) is 7.46. The quantitative estimate of drug-likeness (QED) is 0.238. The number of carbonyl (C=O) groups excluding carboxylic acids is 3. The number of hydrogen-bond donors (Lipinski definition) is 1. The van der Waals surface area contributed by atoms with Crippen LogP contribution < -0.4 is 36.2 Å². The summed E-state index contributed by atoms with van der Waals surface area (Å²) in [6.45, 7) is 9.98. The van der Waals surface area contributed by atoms with Crippen LogP contribution in [0.5, 0.6) is 0 Å². The van der Waals surface area contributed by atoms with Gasteiger partial charge >= 0.3 is 35.0 Å². The first kappa shape index (κ1) is 34.4. The van der Waals surface area contributed by atoms with Crippen molar-refractivity contribution in [1.29, 1.82) is 0 Å². The van der Waals surface area contributed by atoms with E-state index >= 15 is 0 Å². The number of allylic oxidation sites excluding steroid dienone is 1. The molecule has 4 atom stereocenters. The van der Waals surface area contributed by atoms with Gasteiger partial charge < -0.3 is 34.8 Å². The molecule has 2 aliphatic heterocycles. The van der Waals surface area contributed by atoms with E-state index in [1.807, 2.05) is 39.0 Å². The van der Waals surface area contributed by atoms with Gasteiger partial charge in [0.1, 0.15) is 5.92 Å². The molecule has 0 aromatic carbocycles. The number of esters is 2. The Kier molecular flexibility index (Phi) is 9.71. The molecule has 1 unspecified atom stereocenters. The number of ether oxygens (including phenoxy) is 2. The minimum absolute atomic E-state index is 0. The van der Waals surface area contributed by atoms with Gasteiger partial charge in [-0.2, -0.15) is 5.70 Å². The second-order valence-electron chi connectivity index (χ2n) is 12.2. The summed E-state index contributed by atoms with van der Waals surface area (Å²) in [4.78, 5) is 54.6. The van der Waals surface area contributed by atoms with Gasteiger partial charge in [-0.25, -0.2) is 0 Å². The number of rotatable bonds is 6. The van der Waals surface area contributed by atoms with Crippen LogP contribution in [0.2, 0.25) is 0 Å². The SMILES string of the molecule is CCc1c2[n-]c(c1C)/C=C1\[N-]C(C3=c4[n-]/c(c(C)c4C(=O)[C@@H]3C(=O)OC)=C\c3[n-]c(/c(=C\O)c3CC)=C\2)[C@@H](CCC(=O)OC)[C@@H]1C.[Mg+2]. The molecule has 1 N–H and O–H groups in total. The van der Waals surface area contributed by atoms with Crippen LogP contribution in [0.15, 0.2) is 5.70 Å². The number of hydrogen-bond acceptors (Lipinski definition) is 6. The van der Waals surface area contributed by atoms with E-state index in [1.54, 1.807) is 0 Å². The molecule has 3 aromatic rings. The van der Waals surface area contributed by atoms with Gasteiger partial charge in [-0.05, 0) is 50.2 Å². The van der Waals surface area contributed by atoms with Crippen LogP contribution in [0.4, 0.5) is 0 Å². The molecular weight excluding hydrogens is 609 g/mol. The predicted molar refractivity (Wildman–Crippen MR) is 178 cm³/mol. The number of fused-ring (bicyclic) bond motifs is 8. The summed E-state index contributed by atoms with van der Waals surface area (Å²) in [5.41, 5.74) is 7.38. The van der Waals surface area contributed by atoms with Gasteiger partial charge in [0.25, 0.3) is 0 Å². The normalized spacial score (nSPS) is 24.0. The molecule has 10 nitrogen and oxygen atoms in total. The molecule has 1 fully saturated rings. The summed E-state index contributed by atoms with van der Waals surface area (Å²) in [5.74, 6) is -2.91. The van der Waals surface area contributed by atoms with Crippen LogP contribution in [0.3, 0.4) is 0 Å². The second-order valence-corrected chi connectivity index (χ2v) is 12.2. The van der Waals surface area contributed by atoms with Crippen molar-refractivity contribution >= 4 is 70.8 Å². The Morgan fingerprint density at radius 1 is 0.915 bits per heavy atom. The first-order valence-electron chi connectivity index (χ1n) is 15.8. The Morgan fingerprint density at radius 2 is 1.60 bits per heavy atom. The average Bonchev–Trinajstić information content (AvgIpc) is 3.79. The van der Waals surface area contributed by atoms with Crippen LogP contribution in [0, 0.1) is 31.6 Å². The maximum atomic E-state index is 14.1. The van der Waals surface area contributed by atoms with Crippen molar-refractivity contribution in [1.82, 2.24) is 15.0 Å². The first-order chi connectivity index (χ1) is 22.1. The summed E-state index contributed by atoms with van der Waals surface area (Å²) in [6, 6.07) is -0.604. The fraction of sp³-hybridized carbons (Fsp3) is 0.417. The Balaban J connectivity index is 0.00000433. The van der Waals surface area contributed by atoms with Gasteiger partial charge in [0, 0.05) is 12.0 Å². The number of methoxy groups -OCH3 is 2. The van der Waals surface area contributed by atoms with Crippen molar-refractivity contribution < 1.29 is 29.0 Å². The molecule has 8 bridgehead atoms. The minimum Gasteiger partial charge on any atom is -0.681 e. The summed E-state index contributed by atoms with van der Waals surface area (Å²) in [6.07, 6.45) is 8.76. The Hall–Kier alpha value is -3.96. The third-order valence-electron chi connectivity index (χ3n) is 9.99. The predicted octanol–water partition coefficient (Wildman–Crippen LogP) is 1.32. The number of aliphatic hydroxyl groups is 1. The number of carbonyl (C=O) groups is 3. The smallest absolute Gasteiger partial charge is 0.681 e. The molecule has 0 saturated carbocycles. The molecule has 0 spiro atoms. The monoisotopic (exact) mass is 646 g/mol. The number of aromatic nitrogens is 3. The molecule has 1 aliphatic carbocycles. The number of aliphatic hydroxyl groups excluding tert-OH is 1. The summed E-state index contributed by atoms with van der Waals surface area (Å²) >= 11 is 0. The van der Waals surface area contributed by atoms with E-state index in [9.17, 15) is 19.5 Å². The van der Waals surface area contributed by atoms with Crippen LogP contribution in [-0.2, 0) is 31.9 Å². The Morgan fingerprint density at radius 3 is 2.23 bits per heavy atom. The Labute approximate surface area is 289 Å². The third-order valence-corrected chi connectivity index (χ3v) is 9.99. The maximum absolute atomic E-state index is 14.1.